The van der Waals surface area contributed by atoms with Crippen molar-refractivity contribution in [2.75, 3.05) is 6.54 Å². The lowest BCUT2D eigenvalue weighted by Crippen LogP contribution is -2.42. The summed E-state index contributed by atoms with van der Waals surface area (Å²) in [4.78, 5) is 4.68. The van der Waals surface area contributed by atoms with Gasteiger partial charge in [-0.05, 0) is 38.5 Å². The van der Waals surface area contributed by atoms with Gasteiger partial charge in [0.1, 0.15) is 30.0 Å². The molecule has 2 aromatic carbocycles. The van der Waals surface area contributed by atoms with Gasteiger partial charge in [0.05, 0.1) is 12.6 Å². The highest BCUT2D eigenvalue weighted by molar-refractivity contribution is 14.0. The quantitative estimate of drug-likeness (QED) is 0.250. The third kappa shape index (κ3) is 7.47. The van der Waals surface area contributed by atoms with Gasteiger partial charge in [0.15, 0.2) is 11.8 Å². The Morgan fingerprint density at radius 3 is 2.53 bits per heavy atom. The molecule has 3 rings (SSSR count). The fourth-order valence-electron chi connectivity index (χ4n) is 2.98. The summed E-state index contributed by atoms with van der Waals surface area (Å²) in [6, 6.07) is 16.3. The Morgan fingerprint density at radius 1 is 1.12 bits per heavy atom. The standard InChI is InChI=1S/C23H29FN6O.HI/c1-16(31-21-12-8-11-20(24)13-21)14-25-23(26-15-22-29-28-18(3)30(22)4)27-17(2)19-9-6-5-7-10-19;/h5-13,16-17H,14-15H2,1-4H3,(H2,25,26,27);1H. The Labute approximate surface area is 205 Å². The van der Waals surface area contributed by atoms with Gasteiger partial charge in [-0.25, -0.2) is 9.38 Å². The number of halogens is 2. The van der Waals surface area contributed by atoms with E-state index in [0.29, 0.717) is 24.8 Å². The van der Waals surface area contributed by atoms with Crippen molar-refractivity contribution in [2.45, 2.75) is 39.5 Å². The fraction of sp³-hybridized carbons (Fsp3) is 0.348. The average Bonchev–Trinajstić information content (AvgIpc) is 3.08. The molecule has 0 aliphatic rings. The molecule has 2 atom stereocenters. The zero-order valence-electron chi connectivity index (χ0n) is 18.7. The van der Waals surface area contributed by atoms with Gasteiger partial charge in [-0.2, -0.15) is 0 Å². The van der Waals surface area contributed by atoms with E-state index in [1.54, 1.807) is 12.1 Å². The van der Waals surface area contributed by atoms with Crippen molar-refractivity contribution < 1.29 is 9.13 Å². The lowest BCUT2D eigenvalue weighted by molar-refractivity contribution is 0.223. The summed E-state index contributed by atoms with van der Waals surface area (Å²) in [6.45, 7) is 6.77. The lowest BCUT2D eigenvalue weighted by atomic mass is 10.1. The third-order valence-corrected chi connectivity index (χ3v) is 4.90. The zero-order valence-corrected chi connectivity index (χ0v) is 21.1. The average molecular weight is 552 g/mol. The number of aliphatic imine (C=N–C) groups is 1. The molecule has 0 bridgehead atoms. The summed E-state index contributed by atoms with van der Waals surface area (Å²) in [6.07, 6.45) is -0.196. The van der Waals surface area contributed by atoms with Crippen LogP contribution in [0.4, 0.5) is 4.39 Å². The fourth-order valence-corrected chi connectivity index (χ4v) is 2.98. The Morgan fingerprint density at radius 2 is 1.88 bits per heavy atom. The summed E-state index contributed by atoms with van der Waals surface area (Å²) in [5.74, 6) is 2.41. The normalized spacial score (nSPS) is 13.1. The molecule has 0 saturated carbocycles. The molecule has 0 fully saturated rings. The van der Waals surface area contributed by atoms with Gasteiger partial charge in [-0.3, -0.25) is 0 Å². The van der Waals surface area contributed by atoms with Crippen LogP contribution in [0, 0.1) is 12.7 Å². The number of guanidine groups is 1. The highest BCUT2D eigenvalue weighted by atomic mass is 127. The van der Waals surface area contributed by atoms with Gasteiger partial charge in [0.25, 0.3) is 0 Å². The van der Waals surface area contributed by atoms with E-state index in [1.165, 1.54) is 12.1 Å². The van der Waals surface area contributed by atoms with Crippen LogP contribution in [0.25, 0.3) is 0 Å². The van der Waals surface area contributed by atoms with Crippen LogP contribution in [0.3, 0.4) is 0 Å². The van der Waals surface area contributed by atoms with Crippen molar-refractivity contribution in [1.82, 2.24) is 25.4 Å². The first-order chi connectivity index (χ1) is 14.9. The Balaban J connectivity index is 0.00000363. The zero-order chi connectivity index (χ0) is 22.2. The molecule has 3 aromatic rings. The van der Waals surface area contributed by atoms with Gasteiger partial charge >= 0.3 is 0 Å². The maximum Gasteiger partial charge on any atom is 0.192 e. The maximum absolute atomic E-state index is 13.4. The van der Waals surface area contributed by atoms with Gasteiger partial charge in [-0.1, -0.05) is 36.4 Å². The van der Waals surface area contributed by atoms with Crippen molar-refractivity contribution in [3.8, 4) is 5.75 Å². The molecule has 0 spiro atoms. The van der Waals surface area contributed by atoms with Crippen molar-refractivity contribution in [3.63, 3.8) is 0 Å². The number of benzene rings is 2. The van der Waals surface area contributed by atoms with Crippen LogP contribution in [0.5, 0.6) is 5.75 Å². The summed E-state index contributed by atoms with van der Waals surface area (Å²) in [5, 5.41) is 15.0. The summed E-state index contributed by atoms with van der Waals surface area (Å²) in [7, 11) is 1.92. The SMILES string of the molecule is Cc1nnc(CN=C(NCC(C)Oc2cccc(F)c2)NC(C)c2ccccc2)n1C.I. The highest BCUT2D eigenvalue weighted by Gasteiger charge is 2.12. The molecule has 9 heteroatoms. The number of nitrogens with zero attached hydrogens (tertiary/aromatic N) is 4. The first-order valence-electron chi connectivity index (χ1n) is 10.3. The number of nitrogens with one attached hydrogen (secondary N) is 2. The minimum absolute atomic E-state index is 0. The molecular weight excluding hydrogens is 522 g/mol. The second-order valence-electron chi connectivity index (χ2n) is 7.43. The lowest BCUT2D eigenvalue weighted by Gasteiger charge is -2.21. The molecule has 2 unspecified atom stereocenters. The number of rotatable bonds is 8. The van der Waals surface area contributed by atoms with Crippen molar-refractivity contribution in [1.29, 1.82) is 0 Å². The first kappa shape index (κ1) is 25.6. The first-order valence-corrected chi connectivity index (χ1v) is 10.3. The molecule has 1 aromatic heterocycles. The summed E-state index contributed by atoms with van der Waals surface area (Å²) < 4.78 is 21.1. The van der Waals surface area contributed by atoms with Gasteiger partial charge in [-0.15, -0.1) is 34.2 Å². The second kappa shape index (κ2) is 12.4. The smallest absolute Gasteiger partial charge is 0.192 e. The van der Waals surface area contributed by atoms with Crippen LogP contribution in [-0.2, 0) is 13.6 Å². The third-order valence-electron chi connectivity index (χ3n) is 4.90. The molecule has 0 aliphatic heterocycles. The van der Waals surface area contributed by atoms with Crippen LogP contribution in [0.15, 0.2) is 59.6 Å². The molecule has 172 valence electrons. The van der Waals surface area contributed by atoms with Gasteiger partial charge in [0, 0.05) is 13.1 Å². The van der Waals surface area contributed by atoms with Crippen LogP contribution < -0.4 is 15.4 Å². The number of ether oxygens (including phenoxy) is 1. The molecule has 7 nitrogen and oxygen atoms in total. The van der Waals surface area contributed by atoms with E-state index in [-0.39, 0.29) is 41.9 Å². The van der Waals surface area contributed by atoms with Gasteiger partial charge < -0.3 is 19.9 Å². The maximum atomic E-state index is 13.4. The van der Waals surface area contributed by atoms with E-state index in [1.807, 2.05) is 43.7 Å². The van der Waals surface area contributed by atoms with E-state index in [0.717, 1.165) is 17.2 Å². The van der Waals surface area contributed by atoms with E-state index in [9.17, 15) is 4.39 Å². The minimum Gasteiger partial charge on any atom is -0.489 e. The van der Waals surface area contributed by atoms with Crippen molar-refractivity contribution in [3.05, 3.63) is 77.6 Å². The molecule has 0 aliphatic carbocycles. The molecule has 2 N–H and O–H groups in total. The molecule has 32 heavy (non-hydrogen) atoms. The molecule has 1 heterocycles. The highest BCUT2D eigenvalue weighted by Crippen LogP contribution is 2.14. The van der Waals surface area contributed by atoms with Crippen molar-refractivity contribution in [2.24, 2.45) is 12.0 Å². The molecule has 0 radical (unpaired) electrons. The van der Waals surface area contributed by atoms with E-state index < -0.39 is 0 Å². The number of hydrogen-bond donors (Lipinski definition) is 2. The minimum atomic E-state index is -0.322. The predicted octanol–water partition coefficient (Wildman–Crippen LogP) is 4.14. The van der Waals surface area contributed by atoms with Crippen LogP contribution >= 0.6 is 24.0 Å². The van der Waals surface area contributed by atoms with E-state index >= 15 is 0 Å². The molecule has 0 saturated heterocycles. The monoisotopic (exact) mass is 552 g/mol. The summed E-state index contributed by atoms with van der Waals surface area (Å²) in [5.41, 5.74) is 1.15. The van der Waals surface area contributed by atoms with E-state index in [2.05, 4.69) is 44.9 Å². The van der Waals surface area contributed by atoms with Crippen molar-refractivity contribution >= 4 is 29.9 Å². The van der Waals surface area contributed by atoms with Crippen LogP contribution in [-0.4, -0.2) is 33.4 Å². The predicted molar refractivity (Wildman–Crippen MR) is 135 cm³/mol. The Kier molecular flexibility index (Phi) is 9.89. The number of aromatic nitrogens is 3. The van der Waals surface area contributed by atoms with E-state index in [4.69, 9.17) is 4.74 Å². The Bertz CT molecular complexity index is 1010. The topological polar surface area (TPSA) is 76.4 Å². The van der Waals surface area contributed by atoms with Crippen LogP contribution in [0.2, 0.25) is 0 Å². The number of aryl methyl sites for hydroxylation is 1. The molecule has 0 amide bonds. The molecular formula is C23H30FIN6O. The Hall–Kier alpha value is -2.69. The van der Waals surface area contributed by atoms with Crippen LogP contribution in [0.1, 0.15) is 37.1 Å². The van der Waals surface area contributed by atoms with Gasteiger partial charge in [0.2, 0.25) is 0 Å². The second-order valence-corrected chi connectivity index (χ2v) is 7.43. The summed E-state index contributed by atoms with van der Waals surface area (Å²) >= 11 is 0. The largest absolute Gasteiger partial charge is 0.489 e. The number of hydrogen-bond acceptors (Lipinski definition) is 4.